The average Bonchev–Trinajstić information content (AvgIpc) is 2.06. The summed E-state index contributed by atoms with van der Waals surface area (Å²) >= 11 is 0. The van der Waals surface area contributed by atoms with Gasteiger partial charge >= 0.3 is 0 Å². The summed E-state index contributed by atoms with van der Waals surface area (Å²) < 4.78 is 0. The van der Waals surface area contributed by atoms with E-state index >= 15 is 0 Å². The molecule has 0 aromatic rings. The van der Waals surface area contributed by atoms with Gasteiger partial charge in [-0.25, -0.2) is 0 Å². The predicted octanol–water partition coefficient (Wildman–Crippen LogP) is 3.31. The monoisotopic (exact) mass is 148 g/mol. The van der Waals surface area contributed by atoms with Crippen LogP contribution in [0.15, 0.2) is 24.3 Å². The molecular weight excluding hydrogens is 132 g/mol. The second-order valence-electron chi connectivity index (χ2n) is 3.84. The van der Waals surface area contributed by atoms with Crippen molar-refractivity contribution in [1.82, 2.24) is 0 Å². The minimum absolute atomic E-state index is 0.748. The van der Waals surface area contributed by atoms with E-state index in [1.54, 1.807) is 0 Å². The quantitative estimate of drug-likeness (QED) is 0.462. The van der Waals surface area contributed by atoms with Crippen molar-refractivity contribution in [3.63, 3.8) is 0 Å². The molecule has 0 aromatic carbocycles. The smallest absolute Gasteiger partial charge is 0.000243 e. The lowest BCUT2D eigenvalue weighted by molar-refractivity contribution is 0.320. The maximum atomic E-state index is 4.15. The van der Waals surface area contributed by atoms with Gasteiger partial charge in [0.05, 0.1) is 0 Å². The fourth-order valence-electron chi connectivity index (χ4n) is 2.44. The molecule has 0 radical (unpaired) electrons. The van der Waals surface area contributed by atoms with Crippen molar-refractivity contribution in [2.24, 2.45) is 11.8 Å². The van der Waals surface area contributed by atoms with Crippen LogP contribution in [0.4, 0.5) is 0 Å². The molecule has 0 amide bonds. The molecule has 2 unspecified atom stereocenters. The summed E-state index contributed by atoms with van der Waals surface area (Å²) in [6.45, 7) is 4.15. The third-order valence-corrected chi connectivity index (χ3v) is 3.10. The van der Waals surface area contributed by atoms with Gasteiger partial charge in [0, 0.05) is 5.92 Å². The van der Waals surface area contributed by atoms with E-state index in [9.17, 15) is 0 Å². The van der Waals surface area contributed by atoms with Crippen LogP contribution in [0, 0.1) is 11.8 Å². The minimum Gasteiger partial charge on any atom is -0.0993 e. The highest BCUT2D eigenvalue weighted by Gasteiger charge is 2.26. The number of hydrogen-bond acceptors (Lipinski definition) is 0. The number of rotatable bonds is 0. The van der Waals surface area contributed by atoms with Crippen LogP contribution >= 0.6 is 0 Å². The van der Waals surface area contributed by atoms with Gasteiger partial charge in [-0.3, -0.25) is 0 Å². The standard InChI is InChI=1S/C11H16/c1-9-5-4-7-10-6-2-3-8-11(9)10/h3,8,10-11H,1-2,4-7H2. The molecule has 0 aliphatic heterocycles. The molecule has 0 N–H and O–H groups in total. The minimum atomic E-state index is 0.748. The van der Waals surface area contributed by atoms with E-state index in [1.165, 1.54) is 37.7 Å². The summed E-state index contributed by atoms with van der Waals surface area (Å²) in [6, 6.07) is 0. The Kier molecular flexibility index (Phi) is 1.85. The molecular formula is C11H16. The highest BCUT2D eigenvalue weighted by molar-refractivity contribution is 5.16. The van der Waals surface area contributed by atoms with Crippen LogP contribution in [-0.4, -0.2) is 0 Å². The van der Waals surface area contributed by atoms with Crippen LogP contribution in [0.3, 0.4) is 0 Å². The first-order chi connectivity index (χ1) is 5.38. The molecule has 0 heterocycles. The molecule has 0 aromatic heterocycles. The lowest BCUT2D eigenvalue weighted by atomic mass is 9.72. The number of fused-ring (bicyclic) bond motifs is 1. The van der Waals surface area contributed by atoms with Gasteiger partial charge in [0.25, 0.3) is 0 Å². The van der Waals surface area contributed by atoms with E-state index in [1.807, 2.05) is 0 Å². The van der Waals surface area contributed by atoms with Crippen LogP contribution < -0.4 is 0 Å². The van der Waals surface area contributed by atoms with Crippen molar-refractivity contribution in [2.45, 2.75) is 32.1 Å². The lowest BCUT2D eigenvalue weighted by Gasteiger charge is -2.33. The second kappa shape index (κ2) is 2.84. The van der Waals surface area contributed by atoms with E-state index < -0.39 is 0 Å². The Balaban J connectivity index is 2.16. The fraction of sp³-hybridized carbons (Fsp3) is 0.636. The van der Waals surface area contributed by atoms with Crippen LogP contribution in [0.25, 0.3) is 0 Å². The summed E-state index contributed by atoms with van der Waals surface area (Å²) in [5, 5.41) is 0. The van der Waals surface area contributed by atoms with Crippen LogP contribution in [0.1, 0.15) is 32.1 Å². The first-order valence-corrected chi connectivity index (χ1v) is 4.72. The maximum absolute atomic E-state index is 4.15. The first-order valence-electron chi connectivity index (χ1n) is 4.72. The molecule has 0 nitrogen and oxygen atoms in total. The Morgan fingerprint density at radius 3 is 3.09 bits per heavy atom. The van der Waals surface area contributed by atoms with Gasteiger partial charge in [0.15, 0.2) is 0 Å². The van der Waals surface area contributed by atoms with Crippen LogP contribution in [0.2, 0.25) is 0 Å². The van der Waals surface area contributed by atoms with E-state index in [2.05, 4.69) is 18.7 Å². The predicted molar refractivity (Wildman–Crippen MR) is 48.3 cm³/mol. The third-order valence-electron chi connectivity index (χ3n) is 3.10. The summed E-state index contributed by atoms with van der Waals surface area (Å²) in [5.74, 6) is 1.69. The van der Waals surface area contributed by atoms with E-state index in [0.717, 1.165) is 11.8 Å². The van der Waals surface area contributed by atoms with Gasteiger partial charge in [-0.15, -0.1) is 0 Å². The van der Waals surface area contributed by atoms with Gasteiger partial charge < -0.3 is 0 Å². The van der Waals surface area contributed by atoms with E-state index in [4.69, 9.17) is 0 Å². The topological polar surface area (TPSA) is 0 Å². The largest absolute Gasteiger partial charge is 0.0993 e. The Bertz CT molecular complexity index is 188. The zero-order valence-electron chi connectivity index (χ0n) is 7.05. The highest BCUT2D eigenvalue weighted by atomic mass is 14.3. The van der Waals surface area contributed by atoms with Crippen molar-refractivity contribution in [3.05, 3.63) is 24.3 Å². The Morgan fingerprint density at radius 2 is 2.27 bits per heavy atom. The summed E-state index contributed by atoms with van der Waals surface area (Å²) in [4.78, 5) is 0. The molecule has 0 saturated heterocycles. The highest BCUT2D eigenvalue weighted by Crippen LogP contribution is 2.39. The molecule has 0 spiro atoms. The van der Waals surface area contributed by atoms with Gasteiger partial charge in [0.2, 0.25) is 0 Å². The summed E-state index contributed by atoms with van der Waals surface area (Å²) in [7, 11) is 0. The molecule has 2 aliphatic rings. The third kappa shape index (κ3) is 1.26. The number of allylic oxidation sites excluding steroid dienone is 3. The molecule has 0 bridgehead atoms. The number of hydrogen-bond donors (Lipinski definition) is 0. The van der Waals surface area contributed by atoms with Crippen molar-refractivity contribution >= 4 is 0 Å². The van der Waals surface area contributed by atoms with E-state index in [0.29, 0.717) is 0 Å². The van der Waals surface area contributed by atoms with Crippen LogP contribution in [0.5, 0.6) is 0 Å². The molecule has 2 aliphatic carbocycles. The SMILES string of the molecule is C=C1CCCC2CCC=CC12. The second-order valence-corrected chi connectivity index (χ2v) is 3.84. The molecule has 0 heteroatoms. The zero-order valence-corrected chi connectivity index (χ0v) is 7.05. The van der Waals surface area contributed by atoms with Gasteiger partial charge in [-0.2, -0.15) is 0 Å². The Hall–Kier alpha value is -0.520. The maximum Gasteiger partial charge on any atom is 0.000243 e. The summed E-state index contributed by atoms with van der Waals surface area (Å²) in [6.07, 6.45) is 11.5. The van der Waals surface area contributed by atoms with Gasteiger partial charge in [0.1, 0.15) is 0 Å². The van der Waals surface area contributed by atoms with Gasteiger partial charge in [-0.1, -0.05) is 24.3 Å². The van der Waals surface area contributed by atoms with Crippen molar-refractivity contribution in [1.29, 1.82) is 0 Å². The molecule has 2 atom stereocenters. The molecule has 2 rings (SSSR count). The van der Waals surface area contributed by atoms with E-state index in [-0.39, 0.29) is 0 Å². The van der Waals surface area contributed by atoms with Crippen molar-refractivity contribution in [3.8, 4) is 0 Å². The van der Waals surface area contributed by atoms with Crippen molar-refractivity contribution < 1.29 is 0 Å². The van der Waals surface area contributed by atoms with Gasteiger partial charge in [-0.05, 0) is 38.0 Å². The fourth-order valence-corrected chi connectivity index (χ4v) is 2.44. The van der Waals surface area contributed by atoms with Crippen molar-refractivity contribution in [2.75, 3.05) is 0 Å². The Morgan fingerprint density at radius 1 is 1.36 bits per heavy atom. The molecule has 60 valence electrons. The first kappa shape index (κ1) is 7.15. The lowest BCUT2D eigenvalue weighted by Crippen LogP contribution is -2.21. The average molecular weight is 148 g/mol. The van der Waals surface area contributed by atoms with Crippen LogP contribution in [-0.2, 0) is 0 Å². The Labute approximate surface area is 69.0 Å². The molecule has 1 fully saturated rings. The summed E-state index contributed by atoms with van der Waals surface area (Å²) in [5.41, 5.74) is 1.48. The normalized spacial score (nSPS) is 36.9. The zero-order chi connectivity index (χ0) is 7.68. The molecule has 11 heavy (non-hydrogen) atoms. The molecule has 1 saturated carbocycles.